The maximum atomic E-state index is 5.76. The van der Waals surface area contributed by atoms with Crippen LogP contribution in [0.3, 0.4) is 0 Å². The average Bonchev–Trinajstić information content (AvgIpc) is 2.44. The van der Waals surface area contributed by atoms with Crippen LogP contribution >= 0.6 is 0 Å². The van der Waals surface area contributed by atoms with Crippen molar-refractivity contribution in [2.45, 2.75) is 26.1 Å². The van der Waals surface area contributed by atoms with Crippen LogP contribution in [0.5, 0.6) is 0 Å². The van der Waals surface area contributed by atoms with E-state index in [0.29, 0.717) is 52.9 Å². The largest absolute Gasteiger partial charge is 0.382 e. The van der Waals surface area contributed by atoms with E-state index < -0.39 is 0 Å². The Labute approximate surface area is 122 Å². The number of hydrogen-bond donors (Lipinski definition) is 0. The number of methoxy groups -OCH3 is 2. The second-order valence-corrected chi connectivity index (χ2v) is 4.36. The number of hydrogen-bond acceptors (Lipinski definition) is 6. The van der Waals surface area contributed by atoms with Crippen molar-refractivity contribution in [1.29, 1.82) is 0 Å². The third-order valence-electron chi connectivity index (χ3n) is 2.49. The fourth-order valence-electron chi connectivity index (χ4n) is 1.46. The summed E-state index contributed by atoms with van der Waals surface area (Å²) in [6, 6.07) is 0. The Kier molecular flexibility index (Phi) is 15.0. The number of rotatable bonds is 15. The first kappa shape index (κ1) is 19.8. The van der Waals surface area contributed by atoms with Crippen molar-refractivity contribution in [3.05, 3.63) is 0 Å². The van der Waals surface area contributed by atoms with E-state index >= 15 is 0 Å². The van der Waals surface area contributed by atoms with Gasteiger partial charge < -0.3 is 28.4 Å². The Morgan fingerprint density at radius 3 is 1.75 bits per heavy atom. The van der Waals surface area contributed by atoms with Crippen LogP contribution in [-0.2, 0) is 28.4 Å². The molecule has 0 rings (SSSR count). The first-order valence-electron chi connectivity index (χ1n) is 7.11. The minimum Gasteiger partial charge on any atom is -0.382 e. The summed E-state index contributed by atoms with van der Waals surface area (Å²) in [6.45, 7) is 8.38. The van der Waals surface area contributed by atoms with Crippen LogP contribution < -0.4 is 0 Å². The Morgan fingerprint density at radius 2 is 1.30 bits per heavy atom. The molecule has 0 aliphatic rings. The standard InChI is InChI=1S/C14H30O6/c1-5-19-13(2)10-20-14(11-17-8-6-15-3)12-18-9-7-16-4/h13-14H,5-12H2,1-4H3. The molecule has 0 N–H and O–H groups in total. The summed E-state index contributed by atoms with van der Waals surface area (Å²) in [5, 5.41) is 0. The van der Waals surface area contributed by atoms with Gasteiger partial charge in [-0.1, -0.05) is 0 Å². The second kappa shape index (κ2) is 15.2. The Morgan fingerprint density at radius 1 is 0.750 bits per heavy atom. The molecule has 1 unspecified atom stereocenters. The molecule has 0 fully saturated rings. The highest BCUT2D eigenvalue weighted by molar-refractivity contribution is 4.58. The van der Waals surface area contributed by atoms with E-state index in [1.165, 1.54) is 0 Å². The lowest BCUT2D eigenvalue weighted by molar-refractivity contribution is -0.0946. The molecular formula is C14H30O6. The van der Waals surface area contributed by atoms with E-state index in [1.54, 1.807) is 14.2 Å². The molecule has 1 atom stereocenters. The maximum absolute atomic E-state index is 5.76. The minimum atomic E-state index is -0.105. The van der Waals surface area contributed by atoms with Crippen LogP contribution in [0, 0.1) is 0 Å². The molecule has 122 valence electrons. The highest BCUT2D eigenvalue weighted by Crippen LogP contribution is 2.00. The lowest BCUT2D eigenvalue weighted by atomic mass is 10.3. The fourth-order valence-corrected chi connectivity index (χ4v) is 1.46. The van der Waals surface area contributed by atoms with Gasteiger partial charge in [0.2, 0.25) is 0 Å². The van der Waals surface area contributed by atoms with E-state index in [4.69, 9.17) is 28.4 Å². The summed E-state index contributed by atoms with van der Waals surface area (Å²) >= 11 is 0. The zero-order valence-electron chi connectivity index (χ0n) is 13.3. The summed E-state index contributed by atoms with van der Waals surface area (Å²) < 4.78 is 32.0. The lowest BCUT2D eigenvalue weighted by Crippen LogP contribution is -2.30. The van der Waals surface area contributed by atoms with E-state index in [1.807, 2.05) is 13.8 Å². The van der Waals surface area contributed by atoms with Gasteiger partial charge in [-0.15, -0.1) is 0 Å². The van der Waals surface area contributed by atoms with Crippen LogP contribution in [0.15, 0.2) is 0 Å². The second-order valence-electron chi connectivity index (χ2n) is 4.36. The zero-order valence-corrected chi connectivity index (χ0v) is 13.3. The minimum absolute atomic E-state index is 0.0699. The van der Waals surface area contributed by atoms with E-state index in [0.717, 1.165) is 0 Å². The van der Waals surface area contributed by atoms with Crippen LogP contribution in [0.1, 0.15) is 13.8 Å². The fraction of sp³-hybridized carbons (Fsp3) is 1.00. The summed E-state index contributed by atoms with van der Waals surface area (Å²) in [6.07, 6.45) is -0.0351. The van der Waals surface area contributed by atoms with Gasteiger partial charge in [-0.05, 0) is 13.8 Å². The maximum Gasteiger partial charge on any atom is 0.104 e. The van der Waals surface area contributed by atoms with E-state index in [2.05, 4.69) is 0 Å². The lowest BCUT2D eigenvalue weighted by Gasteiger charge is -2.20. The molecule has 0 saturated carbocycles. The molecule has 0 aromatic carbocycles. The van der Waals surface area contributed by atoms with Gasteiger partial charge in [0.05, 0.1) is 52.4 Å². The summed E-state index contributed by atoms with van der Waals surface area (Å²) in [5.74, 6) is 0. The summed E-state index contributed by atoms with van der Waals surface area (Å²) in [4.78, 5) is 0. The Hall–Kier alpha value is -0.240. The van der Waals surface area contributed by atoms with Crippen molar-refractivity contribution in [3.8, 4) is 0 Å². The van der Waals surface area contributed by atoms with Crippen molar-refractivity contribution < 1.29 is 28.4 Å². The molecule has 0 bridgehead atoms. The van der Waals surface area contributed by atoms with Crippen LogP contribution in [0.2, 0.25) is 0 Å². The van der Waals surface area contributed by atoms with Gasteiger partial charge in [-0.25, -0.2) is 0 Å². The van der Waals surface area contributed by atoms with Gasteiger partial charge in [-0.3, -0.25) is 0 Å². The quantitative estimate of drug-likeness (QED) is 0.422. The predicted molar refractivity (Wildman–Crippen MR) is 76.2 cm³/mol. The Bertz CT molecular complexity index is 179. The third kappa shape index (κ3) is 12.8. The summed E-state index contributed by atoms with van der Waals surface area (Å²) in [7, 11) is 3.30. The highest BCUT2D eigenvalue weighted by atomic mass is 16.6. The van der Waals surface area contributed by atoms with Crippen molar-refractivity contribution in [1.82, 2.24) is 0 Å². The topological polar surface area (TPSA) is 55.4 Å². The SMILES string of the molecule is CCOC(C)COC(COCCOC)COCCOC. The molecule has 0 saturated heterocycles. The molecule has 0 heterocycles. The van der Waals surface area contributed by atoms with Crippen molar-refractivity contribution in [2.75, 3.05) is 67.1 Å². The molecule has 20 heavy (non-hydrogen) atoms. The molecule has 0 amide bonds. The zero-order chi connectivity index (χ0) is 15.1. The first-order valence-corrected chi connectivity index (χ1v) is 7.11. The van der Waals surface area contributed by atoms with Gasteiger partial charge in [0.25, 0.3) is 0 Å². The van der Waals surface area contributed by atoms with Gasteiger partial charge >= 0.3 is 0 Å². The van der Waals surface area contributed by atoms with Gasteiger partial charge in [0.1, 0.15) is 6.10 Å². The van der Waals surface area contributed by atoms with Crippen LogP contribution in [0.4, 0.5) is 0 Å². The molecule has 0 aliphatic carbocycles. The van der Waals surface area contributed by atoms with Crippen LogP contribution in [-0.4, -0.2) is 79.3 Å². The molecule has 0 radical (unpaired) electrons. The van der Waals surface area contributed by atoms with Gasteiger partial charge in [0.15, 0.2) is 0 Å². The summed E-state index contributed by atoms with van der Waals surface area (Å²) in [5.41, 5.74) is 0. The predicted octanol–water partition coefficient (Wildman–Crippen LogP) is 1.12. The Balaban J connectivity index is 3.84. The molecule has 6 nitrogen and oxygen atoms in total. The molecule has 6 heteroatoms. The first-order chi connectivity index (χ1) is 9.74. The smallest absolute Gasteiger partial charge is 0.104 e. The number of ether oxygens (including phenoxy) is 6. The molecule has 0 aromatic rings. The molecule has 0 aliphatic heterocycles. The monoisotopic (exact) mass is 294 g/mol. The molecule has 0 spiro atoms. The van der Waals surface area contributed by atoms with Gasteiger partial charge in [0, 0.05) is 20.8 Å². The molecule has 0 aromatic heterocycles. The van der Waals surface area contributed by atoms with Crippen LogP contribution in [0.25, 0.3) is 0 Å². The average molecular weight is 294 g/mol. The van der Waals surface area contributed by atoms with E-state index in [9.17, 15) is 0 Å². The highest BCUT2D eigenvalue weighted by Gasteiger charge is 2.12. The third-order valence-corrected chi connectivity index (χ3v) is 2.49. The van der Waals surface area contributed by atoms with Crippen molar-refractivity contribution >= 4 is 0 Å². The molecular weight excluding hydrogens is 264 g/mol. The van der Waals surface area contributed by atoms with Crippen molar-refractivity contribution in [2.24, 2.45) is 0 Å². The van der Waals surface area contributed by atoms with Crippen molar-refractivity contribution in [3.63, 3.8) is 0 Å². The van der Waals surface area contributed by atoms with Gasteiger partial charge in [-0.2, -0.15) is 0 Å². The van der Waals surface area contributed by atoms with E-state index in [-0.39, 0.29) is 12.2 Å². The normalized spacial score (nSPS) is 13.1.